The number of aliphatic hydroxyl groups excluding tert-OH is 7. The van der Waals surface area contributed by atoms with Gasteiger partial charge in [0, 0.05) is 38.3 Å². The van der Waals surface area contributed by atoms with Gasteiger partial charge in [0.1, 0.15) is 36.6 Å². The number of nitrogens with two attached hydrogens (primary N) is 4. The maximum Gasteiger partial charge on any atom is 0.186 e. The molecule has 0 spiro atoms. The first kappa shape index (κ1) is 34.8. The van der Waals surface area contributed by atoms with Gasteiger partial charge in [0.05, 0.1) is 43.6 Å². The lowest BCUT2D eigenvalue weighted by Gasteiger charge is -2.48. The summed E-state index contributed by atoms with van der Waals surface area (Å²) in [5, 5.41) is 76.5. The molecule has 0 aromatic heterocycles. The van der Waals surface area contributed by atoms with E-state index in [1.54, 1.807) is 0 Å². The summed E-state index contributed by atoms with van der Waals surface area (Å²) in [5.41, 5.74) is 24.2. The summed E-state index contributed by atoms with van der Waals surface area (Å²) < 4.78 is 23.8. The molecule has 0 bridgehead atoms. The second-order valence-corrected chi connectivity index (χ2v) is 11.1. The highest BCUT2D eigenvalue weighted by atomic mass is 16.7. The van der Waals surface area contributed by atoms with Gasteiger partial charge in [-0.2, -0.15) is 0 Å². The first-order chi connectivity index (χ1) is 19.5. The molecule has 2 heterocycles. The second kappa shape index (κ2) is 16.4. The number of ether oxygens (including phenoxy) is 4. The SMILES string of the molecule is NCC(O)CN[C@@H]1C[C@H](N)C(O[C@H]2O[C@H](CNCC(O)CO)CC[C@H]2N)[C@H](O)[C@H]1O[C@H]1O[C@H](CO)[C@@H](O)[C@H](N)[C@H]1O. The molecule has 2 aliphatic heterocycles. The van der Waals surface area contributed by atoms with E-state index in [0.717, 1.165) is 0 Å². The molecule has 0 radical (unpaired) electrons. The number of aliphatic hydroxyl groups is 7. The van der Waals surface area contributed by atoms with Crippen molar-refractivity contribution in [3.63, 3.8) is 0 Å². The summed E-state index contributed by atoms with van der Waals surface area (Å²) in [4.78, 5) is 0. The number of hydrogen-bond donors (Lipinski definition) is 13. The zero-order valence-corrected chi connectivity index (χ0v) is 23.1. The largest absolute Gasteiger partial charge is 0.394 e. The van der Waals surface area contributed by atoms with Crippen molar-refractivity contribution in [1.82, 2.24) is 10.6 Å². The summed E-state index contributed by atoms with van der Waals surface area (Å²) in [5.74, 6) is 0. The minimum atomic E-state index is -1.49. The van der Waals surface area contributed by atoms with Crippen molar-refractivity contribution in [1.29, 1.82) is 0 Å². The van der Waals surface area contributed by atoms with Crippen LogP contribution < -0.4 is 33.6 Å². The van der Waals surface area contributed by atoms with Gasteiger partial charge < -0.3 is 88.3 Å². The Morgan fingerprint density at radius 2 is 1.54 bits per heavy atom. The normalized spacial score (nSPS) is 43.5. The van der Waals surface area contributed by atoms with Crippen molar-refractivity contribution in [3.8, 4) is 0 Å². The maximum absolute atomic E-state index is 11.5. The van der Waals surface area contributed by atoms with E-state index in [9.17, 15) is 30.6 Å². The smallest absolute Gasteiger partial charge is 0.186 e. The average molecular weight is 599 g/mol. The summed E-state index contributed by atoms with van der Waals surface area (Å²) in [7, 11) is 0. The molecule has 3 unspecified atom stereocenters. The molecule has 3 fully saturated rings. The zero-order chi connectivity index (χ0) is 30.3. The van der Waals surface area contributed by atoms with Crippen LogP contribution in [0.1, 0.15) is 19.3 Å². The van der Waals surface area contributed by atoms with Crippen LogP contribution in [-0.2, 0) is 18.9 Å². The molecule has 17 nitrogen and oxygen atoms in total. The van der Waals surface area contributed by atoms with Gasteiger partial charge in [-0.1, -0.05) is 0 Å². The summed E-state index contributed by atoms with van der Waals surface area (Å²) in [6, 6.07) is -3.08. The van der Waals surface area contributed by atoms with Crippen LogP contribution in [0.25, 0.3) is 0 Å². The molecule has 15 atom stereocenters. The van der Waals surface area contributed by atoms with E-state index in [1.165, 1.54) is 0 Å². The lowest BCUT2D eigenvalue weighted by atomic mass is 9.83. The number of rotatable bonds is 14. The third-order valence-electron chi connectivity index (χ3n) is 7.89. The predicted molar refractivity (Wildman–Crippen MR) is 143 cm³/mol. The molecular formula is C24H50N6O11. The lowest BCUT2D eigenvalue weighted by Crippen LogP contribution is -2.68. The minimum Gasteiger partial charge on any atom is -0.394 e. The van der Waals surface area contributed by atoms with Crippen molar-refractivity contribution in [2.45, 2.75) is 111 Å². The molecule has 0 aromatic rings. The molecule has 1 saturated carbocycles. The Kier molecular flexibility index (Phi) is 13.9. The van der Waals surface area contributed by atoms with Crippen molar-refractivity contribution in [3.05, 3.63) is 0 Å². The van der Waals surface area contributed by atoms with Gasteiger partial charge in [0.25, 0.3) is 0 Å². The maximum atomic E-state index is 11.5. The Bertz CT molecular complexity index is 763. The van der Waals surface area contributed by atoms with E-state index in [1.807, 2.05) is 0 Å². The van der Waals surface area contributed by atoms with E-state index in [0.29, 0.717) is 19.4 Å². The van der Waals surface area contributed by atoms with Crippen LogP contribution in [0.4, 0.5) is 0 Å². The van der Waals surface area contributed by atoms with Gasteiger partial charge >= 0.3 is 0 Å². The molecule has 242 valence electrons. The van der Waals surface area contributed by atoms with Crippen molar-refractivity contribution in [2.75, 3.05) is 39.4 Å². The zero-order valence-electron chi connectivity index (χ0n) is 23.1. The quantitative estimate of drug-likeness (QED) is 0.0883. The summed E-state index contributed by atoms with van der Waals surface area (Å²) in [6.07, 6.45) is -10.5. The van der Waals surface area contributed by atoms with Crippen LogP contribution in [0.3, 0.4) is 0 Å². The molecule has 3 aliphatic rings. The van der Waals surface area contributed by atoms with Crippen LogP contribution in [-0.4, -0.2) is 167 Å². The van der Waals surface area contributed by atoms with Crippen molar-refractivity contribution in [2.24, 2.45) is 22.9 Å². The Labute approximate surface area is 239 Å². The van der Waals surface area contributed by atoms with Crippen LogP contribution in [0.5, 0.6) is 0 Å². The molecule has 3 rings (SSSR count). The molecule has 17 N–H and O–H groups in total. The first-order valence-electron chi connectivity index (χ1n) is 14.1. The summed E-state index contributed by atoms with van der Waals surface area (Å²) in [6.45, 7) is -0.340. The van der Waals surface area contributed by atoms with Gasteiger partial charge in [-0.25, -0.2) is 0 Å². The highest BCUT2D eigenvalue weighted by Gasteiger charge is 2.50. The standard InChI is InChI=1S/C24H50N6O11/c25-4-10(33)6-30-15-3-14(27)21(40-23-13(26)2-1-12(38-23)7-29-5-11(34)8-31)20(37)22(15)41-24-19(36)17(28)18(35)16(9-32)39-24/h10-24,29-37H,1-9,25-28H2/t10?,11?,12-,13+,14-,15+,16+,17-,18+,19+,20-,21?,22-,23+,24+/m0/s1. The summed E-state index contributed by atoms with van der Waals surface area (Å²) >= 11 is 0. The third-order valence-corrected chi connectivity index (χ3v) is 7.89. The van der Waals surface area contributed by atoms with Gasteiger partial charge in [-0.3, -0.25) is 0 Å². The molecule has 41 heavy (non-hydrogen) atoms. The lowest BCUT2D eigenvalue weighted by molar-refractivity contribution is -0.314. The van der Waals surface area contributed by atoms with Crippen molar-refractivity contribution >= 4 is 0 Å². The van der Waals surface area contributed by atoms with Gasteiger partial charge in [-0.05, 0) is 19.3 Å². The topological polar surface area (TPSA) is 307 Å². The Morgan fingerprint density at radius 3 is 2.20 bits per heavy atom. The van der Waals surface area contributed by atoms with Crippen LogP contribution >= 0.6 is 0 Å². The van der Waals surface area contributed by atoms with E-state index in [2.05, 4.69) is 10.6 Å². The fraction of sp³-hybridized carbons (Fsp3) is 1.00. The molecular weight excluding hydrogens is 548 g/mol. The molecule has 0 amide bonds. The van der Waals surface area contributed by atoms with Crippen LogP contribution in [0.15, 0.2) is 0 Å². The third kappa shape index (κ3) is 9.16. The fourth-order valence-electron chi connectivity index (χ4n) is 5.34. The molecule has 1 aliphatic carbocycles. The number of nitrogens with one attached hydrogen (secondary N) is 2. The Hall–Kier alpha value is -0.680. The van der Waals surface area contributed by atoms with E-state index >= 15 is 0 Å². The van der Waals surface area contributed by atoms with Gasteiger partial charge in [-0.15, -0.1) is 0 Å². The first-order valence-corrected chi connectivity index (χ1v) is 14.1. The van der Waals surface area contributed by atoms with E-state index < -0.39 is 92.2 Å². The van der Waals surface area contributed by atoms with Crippen LogP contribution in [0.2, 0.25) is 0 Å². The molecule has 0 aromatic carbocycles. The fourth-order valence-corrected chi connectivity index (χ4v) is 5.34. The number of hydrogen-bond acceptors (Lipinski definition) is 17. The highest BCUT2D eigenvalue weighted by Crippen LogP contribution is 2.31. The van der Waals surface area contributed by atoms with E-state index in [-0.39, 0.29) is 38.8 Å². The second-order valence-electron chi connectivity index (χ2n) is 11.1. The molecule has 17 heteroatoms. The minimum absolute atomic E-state index is 0.00709. The predicted octanol–water partition coefficient (Wildman–Crippen LogP) is -7.33. The highest BCUT2D eigenvalue weighted by molar-refractivity contribution is 5.02. The van der Waals surface area contributed by atoms with Gasteiger partial charge in [0.2, 0.25) is 0 Å². The Balaban J connectivity index is 1.72. The average Bonchev–Trinajstić information content (AvgIpc) is 2.96. The van der Waals surface area contributed by atoms with Crippen LogP contribution in [0, 0.1) is 0 Å². The van der Waals surface area contributed by atoms with Gasteiger partial charge in [0.15, 0.2) is 12.6 Å². The van der Waals surface area contributed by atoms with Crippen molar-refractivity contribution < 1.29 is 54.7 Å². The van der Waals surface area contributed by atoms with E-state index in [4.69, 9.17) is 47.0 Å². The monoisotopic (exact) mass is 598 g/mol. The molecule has 2 saturated heterocycles. The Morgan fingerprint density at radius 1 is 0.829 bits per heavy atom.